The van der Waals surface area contributed by atoms with Crippen molar-refractivity contribution in [2.45, 2.75) is 63.8 Å². The van der Waals surface area contributed by atoms with E-state index in [1.165, 1.54) is 37.7 Å². The van der Waals surface area contributed by atoms with E-state index in [1.54, 1.807) is 12.1 Å². The lowest BCUT2D eigenvalue weighted by Crippen LogP contribution is -2.62. The van der Waals surface area contributed by atoms with Gasteiger partial charge in [-0.25, -0.2) is 4.39 Å². The maximum atomic E-state index is 13.6. The quantitative estimate of drug-likeness (QED) is 0.525. The van der Waals surface area contributed by atoms with Crippen molar-refractivity contribution in [2.24, 2.45) is 23.7 Å². The van der Waals surface area contributed by atoms with E-state index >= 15 is 0 Å². The van der Waals surface area contributed by atoms with Gasteiger partial charge in [0.05, 0.1) is 6.61 Å². The van der Waals surface area contributed by atoms with Crippen molar-refractivity contribution in [3.05, 3.63) is 35.6 Å². The van der Waals surface area contributed by atoms with E-state index in [-0.39, 0.29) is 17.3 Å². The van der Waals surface area contributed by atoms with E-state index in [9.17, 15) is 9.18 Å². The number of hydrogen-bond acceptors (Lipinski definition) is 3. The average molecular weight is 374 g/mol. The van der Waals surface area contributed by atoms with E-state index < -0.39 is 0 Å². The molecule has 0 spiro atoms. The number of benzene rings is 1. The van der Waals surface area contributed by atoms with Crippen molar-refractivity contribution < 1.29 is 13.9 Å². The smallest absolute Gasteiger partial charge is 0.305 e. The van der Waals surface area contributed by atoms with Gasteiger partial charge in [0, 0.05) is 12.0 Å². The molecule has 4 saturated carbocycles. The van der Waals surface area contributed by atoms with Crippen LogP contribution in [0.25, 0.3) is 0 Å². The van der Waals surface area contributed by atoms with Crippen molar-refractivity contribution in [1.82, 2.24) is 5.32 Å². The number of carbonyl (C=O) groups is 1. The van der Waals surface area contributed by atoms with E-state index in [0.717, 1.165) is 31.2 Å². The summed E-state index contributed by atoms with van der Waals surface area (Å²) < 4.78 is 18.6. The number of carbonyl (C=O) groups excluding carboxylic acids is 1. The van der Waals surface area contributed by atoms with Crippen LogP contribution in [0.15, 0.2) is 24.3 Å². The standard InChI is InChI=1S/C23H32FNO2/c1-2-27-22(26)5-3-4-10-25-23(18-6-8-21(24)9-7-18)19-12-16-11-17(14-19)15-20(23)13-16/h6-9,16-17,19-20,25H,2-5,10-15H2,1H3. The molecule has 1 aromatic carbocycles. The molecule has 0 saturated heterocycles. The number of halogens is 1. The highest BCUT2D eigenvalue weighted by Crippen LogP contribution is 2.61. The fourth-order valence-corrected chi connectivity index (χ4v) is 6.44. The molecular formula is C23H32FNO2. The molecule has 4 aliphatic rings. The van der Waals surface area contributed by atoms with Crippen LogP contribution in [0.2, 0.25) is 0 Å². The van der Waals surface area contributed by atoms with Crippen molar-refractivity contribution in [2.75, 3.05) is 13.2 Å². The molecule has 4 aliphatic carbocycles. The summed E-state index contributed by atoms with van der Waals surface area (Å²) in [4.78, 5) is 11.5. The van der Waals surface area contributed by atoms with Gasteiger partial charge in [0.25, 0.3) is 0 Å². The second-order valence-electron chi connectivity index (χ2n) is 8.87. The molecule has 1 aromatic rings. The van der Waals surface area contributed by atoms with Gasteiger partial charge in [-0.05, 0) is 99.8 Å². The summed E-state index contributed by atoms with van der Waals surface area (Å²) in [6.45, 7) is 3.20. The van der Waals surface area contributed by atoms with Crippen LogP contribution in [0.4, 0.5) is 4.39 Å². The molecule has 148 valence electrons. The zero-order valence-electron chi connectivity index (χ0n) is 16.4. The highest BCUT2D eigenvalue weighted by atomic mass is 19.1. The third kappa shape index (κ3) is 3.65. The number of unbranched alkanes of at least 4 members (excludes halogenated alkanes) is 1. The molecule has 5 rings (SSSR count). The van der Waals surface area contributed by atoms with Gasteiger partial charge in [0.1, 0.15) is 5.82 Å². The summed E-state index contributed by atoms with van der Waals surface area (Å²) in [6, 6.07) is 7.24. The van der Waals surface area contributed by atoms with Gasteiger partial charge < -0.3 is 10.1 Å². The lowest BCUT2D eigenvalue weighted by Gasteiger charge is -2.62. The highest BCUT2D eigenvalue weighted by molar-refractivity contribution is 5.69. The van der Waals surface area contributed by atoms with Crippen molar-refractivity contribution in [3.63, 3.8) is 0 Å². The fourth-order valence-electron chi connectivity index (χ4n) is 6.44. The largest absolute Gasteiger partial charge is 0.466 e. The monoisotopic (exact) mass is 373 g/mol. The molecule has 27 heavy (non-hydrogen) atoms. The van der Waals surface area contributed by atoms with Crippen LogP contribution in [0, 0.1) is 29.5 Å². The summed E-state index contributed by atoms with van der Waals surface area (Å²) in [6.07, 6.45) is 8.96. The van der Waals surface area contributed by atoms with E-state index in [1.807, 2.05) is 19.1 Å². The number of nitrogens with one attached hydrogen (secondary N) is 1. The second-order valence-corrected chi connectivity index (χ2v) is 8.87. The second kappa shape index (κ2) is 7.90. The first-order valence-electron chi connectivity index (χ1n) is 10.8. The van der Waals surface area contributed by atoms with Gasteiger partial charge in [-0.3, -0.25) is 4.79 Å². The Morgan fingerprint density at radius 3 is 2.30 bits per heavy atom. The predicted octanol–water partition coefficient (Wildman–Crippen LogP) is 4.80. The zero-order chi connectivity index (χ0) is 18.9. The molecule has 4 bridgehead atoms. The Morgan fingerprint density at radius 2 is 1.70 bits per heavy atom. The Balaban J connectivity index is 1.46. The van der Waals surface area contributed by atoms with Crippen LogP contribution in [0.1, 0.15) is 63.9 Å². The third-order valence-electron chi connectivity index (χ3n) is 7.28. The van der Waals surface area contributed by atoms with Crippen LogP contribution in [0.5, 0.6) is 0 Å². The van der Waals surface area contributed by atoms with Crippen molar-refractivity contribution in [3.8, 4) is 0 Å². The molecule has 0 radical (unpaired) electrons. The first-order valence-corrected chi connectivity index (χ1v) is 10.8. The number of hydrogen-bond donors (Lipinski definition) is 1. The maximum absolute atomic E-state index is 13.6. The number of esters is 1. The van der Waals surface area contributed by atoms with Gasteiger partial charge in [0.15, 0.2) is 0 Å². The van der Waals surface area contributed by atoms with E-state index in [0.29, 0.717) is 24.9 Å². The normalized spacial score (nSPS) is 34.0. The van der Waals surface area contributed by atoms with Crippen LogP contribution in [-0.2, 0) is 15.1 Å². The minimum absolute atomic E-state index is 0.00888. The maximum Gasteiger partial charge on any atom is 0.305 e. The molecule has 0 unspecified atom stereocenters. The van der Waals surface area contributed by atoms with E-state index in [4.69, 9.17) is 4.74 Å². The van der Waals surface area contributed by atoms with Gasteiger partial charge in [-0.1, -0.05) is 12.1 Å². The first-order chi connectivity index (χ1) is 13.1. The minimum atomic E-state index is -0.160. The SMILES string of the molecule is CCOC(=O)CCCCNC1(c2ccc(F)cc2)C2CC3CC(C2)CC1C3. The topological polar surface area (TPSA) is 38.3 Å². The zero-order valence-corrected chi connectivity index (χ0v) is 16.4. The van der Waals surface area contributed by atoms with Crippen LogP contribution in [-0.4, -0.2) is 19.1 Å². The Morgan fingerprint density at radius 1 is 1.07 bits per heavy atom. The molecule has 0 heterocycles. The summed E-state index contributed by atoms with van der Waals surface area (Å²) in [7, 11) is 0. The average Bonchev–Trinajstić information content (AvgIpc) is 2.64. The minimum Gasteiger partial charge on any atom is -0.466 e. The molecule has 0 aliphatic heterocycles. The Hall–Kier alpha value is -1.42. The van der Waals surface area contributed by atoms with Crippen molar-refractivity contribution >= 4 is 5.97 Å². The number of rotatable bonds is 8. The molecule has 4 fully saturated rings. The molecular weight excluding hydrogens is 341 g/mol. The summed E-state index contributed by atoms with van der Waals surface area (Å²) in [5.41, 5.74) is 1.26. The van der Waals surface area contributed by atoms with Crippen LogP contribution < -0.4 is 5.32 Å². The van der Waals surface area contributed by atoms with Gasteiger partial charge in [-0.2, -0.15) is 0 Å². The molecule has 0 aromatic heterocycles. The fraction of sp³-hybridized carbons (Fsp3) is 0.696. The third-order valence-corrected chi connectivity index (χ3v) is 7.28. The molecule has 1 N–H and O–H groups in total. The van der Waals surface area contributed by atoms with Gasteiger partial charge in [-0.15, -0.1) is 0 Å². The van der Waals surface area contributed by atoms with Crippen molar-refractivity contribution in [1.29, 1.82) is 0 Å². The molecule has 3 nitrogen and oxygen atoms in total. The molecule has 0 amide bonds. The highest BCUT2D eigenvalue weighted by Gasteiger charge is 2.57. The lowest BCUT2D eigenvalue weighted by molar-refractivity contribution is -0.143. The summed E-state index contributed by atoms with van der Waals surface area (Å²) >= 11 is 0. The van der Waals surface area contributed by atoms with Crippen LogP contribution >= 0.6 is 0 Å². The Kier molecular flexibility index (Phi) is 5.54. The summed E-state index contributed by atoms with van der Waals surface area (Å²) in [5.74, 6) is 2.85. The Labute approximate surface area is 162 Å². The molecule has 0 atom stereocenters. The number of ether oxygens (including phenoxy) is 1. The lowest BCUT2D eigenvalue weighted by atomic mass is 9.47. The summed E-state index contributed by atoms with van der Waals surface area (Å²) in [5, 5.41) is 3.95. The van der Waals surface area contributed by atoms with Gasteiger partial charge >= 0.3 is 5.97 Å². The van der Waals surface area contributed by atoms with E-state index in [2.05, 4.69) is 5.32 Å². The van der Waals surface area contributed by atoms with Gasteiger partial charge in [0.2, 0.25) is 0 Å². The Bertz CT molecular complexity index is 629. The molecule has 4 heteroatoms. The first kappa shape index (κ1) is 18.9. The van der Waals surface area contributed by atoms with Crippen LogP contribution in [0.3, 0.4) is 0 Å². The predicted molar refractivity (Wildman–Crippen MR) is 104 cm³/mol.